The Morgan fingerprint density at radius 2 is 0.639 bits per heavy atom. The van der Waals surface area contributed by atoms with E-state index in [9.17, 15) is 61.0 Å². The smallest absolute Gasteiger partial charge is 0.220 e. The summed E-state index contributed by atoms with van der Waals surface area (Å²) in [7, 11) is 0. The van der Waals surface area contributed by atoms with Gasteiger partial charge < -0.3 is 89.9 Å². The van der Waals surface area contributed by atoms with Crippen LogP contribution in [0.1, 0.15) is 380 Å². The third-order valence-corrected chi connectivity index (χ3v) is 22.4. The van der Waals surface area contributed by atoms with E-state index in [-0.39, 0.29) is 18.9 Å². The summed E-state index contributed by atoms with van der Waals surface area (Å²) in [6.07, 6.45) is 62.3. The van der Waals surface area contributed by atoms with Crippen LogP contribution in [0.4, 0.5) is 0 Å². The van der Waals surface area contributed by atoms with Gasteiger partial charge in [-0.15, -0.1) is 0 Å². The SMILES string of the molecule is CC/C=C\C/C=C\C/C=C\C/C=C\CCCCCCCCCCCCCCCCCCCCCCCCCCCCC(=O)NC(COC1OC(CO)C(OC2OC(CO)C(OC3OC(CO)C(O)C(O)C3O)C(O)C2O)C(O)C1O)C(O)CCCCCCCCCCCCCCCCCCCCCCCCCC. The summed E-state index contributed by atoms with van der Waals surface area (Å²) in [5.41, 5.74) is 0. The number of ether oxygens (including phenoxy) is 6. The Labute approximate surface area is 656 Å². The van der Waals surface area contributed by atoms with E-state index in [2.05, 4.69) is 67.8 Å². The highest BCUT2D eigenvalue weighted by atomic mass is 16.8. The van der Waals surface area contributed by atoms with Crippen molar-refractivity contribution < 1.29 is 89.4 Å². The first-order valence-electron chi connectivity index (χ1n) is 44.9. The van der Waals surface area contributed by atoms with Crippen molar-refractivity contribution in [3.8, 4) is 0 Å². The maximum Gasteiger partial charge on any atom is 0.220 e. The van der Waals surface area contributed by atoms with Crippen LogP contribution in [0.5, 0.6) is 0 Å². The number of hydrogen-bond donors (Lipinski definition) is 12. The van der Waals surface area contributed by atoms with Gasteiger partial charge in [-0.3, -0.25) is 4.79 Å². The molecule has 12 N–H and O–H groups in total. The molecular weight excluding hydrogens is 1370 g/mol. The fourth-order valence-corrected chi connectivity index (χ4v) is 15.3. The van der Waals surface area contributed by atoms with Crippen LogP contribution in [-0.4, -0.2) is 193 Å². The van der Waals surface area contributed by atoms with Gasteiger partial charge in [-0.1, -0.05) is 371 Å². The van der Waals surface area contributed by atoms with E-state index in [1.165, 1.54) is 276 Å². The highest BCUT2D eigenvalue weighted by Gasteiger charge is 2.54. The number of nitrogens with one attached hydrogen (secondary N) is 1. The van der Waals surface area contributed by atoms with Crippen LogP contribution >= 0.6 is 0 Å². The molecule has 3 rings (SSSR count). The van der Waals surface area contributed by atoms with Crippen molar-refractivity contribution in [3.63, 3.8) is 0 Å². The molecule has 3 aliphatic heterocycles. The number of unbranched alkanes of at least 4 members (excludes halogenated alkanes) is 49. The molecule has 0 spiro atoms. The van der Waals surface area contributed by atoms with Crippen molar-refractivity contribution in [2.24, 2.45) is 0 Å². The second-order valence-electron chi connectivity index (χ2n) is 32.0. The quantitative estimate of drug-likeness (QED) is 0.0199. The summed E-state index contributed by atoms with van der Waals surface area (Å²) in [5, 5.41) is 121. The van der Waals surface area contributed by atoms with E-state index >= 15 is 0 Å². The van der Waals surface area contributed by atoms with E-state index in [0.29, 0.717) is 12.8 Å². The molecule has 1 amide bonds. The van der Waals surface area contributed by atoms with Gasteiger partial charge in [0.25, 0.3) is 0 Å². The maximum absolute atomic E-state index is 13.5. The third kappa shape index (κ3) is 47.6. The molecule has 3 heterocycles. The lowest BCUT2D eigenvalue weighted by Crippen LogP contribution is -2.66. The minimum absolute atomic E-state index is 0.234. The van der Waals surface area contributed by atoms with Crippen LogP contribution < -0.4 is 5.32 Å². The molecule has 0 saturated carbocycles. The number of carbonyl (C=O) groups is 1. The first kappa shape index (κ1) is 99.9. The monoisotopic (exact) mass is 1540 g/mol. The van der Waals surface area contributed by atoms with Gasteiger partial charge in [0.05, 0.1) is 38.6 Å². The Morgan fingerprint density at radius 1 is 0.343 bits per heavy atom. The van der Waals surface area contributed by atoms with Gasteiger partial charge in [0.15, 0.2) is 18.9 Å². The van der Waals surface area contributed by atoms with Crippen molar-refractivity contribution in [1.29, 1.82) is 0 Å². The number of hydrogen-bond acceptors (Lipinski definition) is 18. The maximum atomic E-state index is 13.5. The number of allylic oxidation sites excluding steroid dienone is 8. The zero-order chi connectivity index (χ0) is 78.1. The van der Waals surface area contributed by atoms with Crippen LogP contribution in [0.15, 0.2) is 48.6 Å². The Hall–Kier alpha value is -2.25. The van der Waals surface area contributed by atoms with Crippen molar-refractivity contribution in [2.75, 3.05) is 26.4 Å². The first-order chi connectivity index (χ1) is 52.8. The number of carbonyl (C=O) groups excluding carboxylic acids is 1. The van der Waals surface area contributed by atoms with E-state index in [0.717, 1.165) is 70.6 Å². The molecule has 3 fully saturated rings. The molecule has 19 nitrogen and oxygen atoms in total. The van der Waals surface area contributed by atoms with Gasteiger partial charge in [0.1, 0.15) is 73.2 Å². The molecule has 0 aromatic rings. The van der Waals surface area contributed by atoms with Crippen LogP contribution in [-0.2, 0) is 33.2 Å². The Kier molecular flexibility index (Phi) is 63.9. The number of rotatable bonds is 73. The van der Waals surface area contributed by atoms with Gasteiger partial charge in [-0.25, -0.2) is 0 Å². The standard InChI is InChI=1S/C89H165NO18/c1-3-5-7-9-11-13-15-17-19-21-23-25-27-29-30-31-32-33-34-35-36-37-38-39-40-41-42-43-45-47-49-51-53-55-57-59-61-63-65-67-77(95)90-72(73(94)66-64-62-60-58-56-54-52-50-48-46-44-28-26-24-22-20-18-16-14-12-10-8-6-4-2)71-103-87-83(101)80(98)85(75(69-92)105-87)108-89-84(102)81(99)86(76(70-93)106-89)107-88-82(100)79(97)78(96)74(68-91)104-88/h5,7,11,13,17,19,23,25,72-76,78-89,91-94,96-102H,3-4,6,8-10,12,14-16,18,20-22,24,26-71H2,1-2H3,(H,90,95)/b7-5-,13-11-,19-17-,25-23-. The first-order valence-corrected chi connectivity index (χ1v) is 44.9. The lowest BCUT2D eigenvalue weighted by atomic mass is 9.96. The summed E-state index contributed by atoms with van der Waals surface area (Å²) in [6, 6.07) is -0.887. The molecule has 17 unspecified atom stereocenters. The third-order valence-electron chi connectivity index (χ3n) is 22.4. The van der Waals surface area contributed by atoms with Gasteiger partial charge in [-0.05, 0) is 51.4 Å². The summed E-state index contributed by atoms with van der Waals surface area (Å²) >= 11 is 0. The molecule has 634 valence electrons. The Balaban J connectivity index is 1.29. The Morgan fingerprint density at radius 3 is 1.00 bits per heavy atom. The average Bonchev–Trinajstić information content (AvgIpc) is 0.775. The topological polar surface area (TPSA) is 307 Å². The second kappa shape index (κ2) is 69.1. The van der Waals surface area contributed by atoms with Crippen molar-refractivity contribution in [1.82, 2.24) is 5.32 Å². The largest absolute Gasteiger partial charge is 0.394 e. The zero-order valence-corrected chi connectivity index (χ0v) is 68.3. The van der Waals surface area contributed by atoms with Crippen LogP contribution in [0.3, 0.4) is 0 Å². The van der Waals surface area contributed by atoms with E-state index in [4.69, 9.17) is 28.4 Å². The molecular formula is C89H165NO18. The average molecular weight is 1540 g/mol. The van der Waals surface area contributed by atoms with Crippen LogP contribution in [0.25, 0.3) is 0 Å². The molecule has 0 aromatic heterocycles. The molecule has 108 heavy (non-hydrogen) atoms. The second-order valence-corrected chi connectivity index (χ2v) is 32.0. The van der Waals surface area contributed by atoms with E-state index < -0.39 is 124 Å². The fourth-order valence-electron chi connectivity index (χ4n) is 15.3. The van der Waals surface area contributed by atoms with E-state index in [1.807, 2.05) is 0 Å². The summed E-state index contributed by atoms with van der Waals surface area (Å²) < 4.78 is 34.6. The summed E-state index contributed by atoms with van der Waals surface area (Å²) in [4.78, 5) is 13.5. The highest BCUT2D eigenvalue weighted by Crippen LogP contribution is 2.34. The molecule has 0 aliphatic carbocycles. The van der Waals surface area contributed by atoms with Gasteiger partial charge in [0, 0.05) is 6.42 Å². The predicted molar refractivity (Wildman–Crippen MR) is 434 cm³/mol. The fraction of sp³-hybridized carbons (Fsp3) is 0.899. The predicted octanol–water partition coefficient (Wildman–Crippen LogP) is 16.8. The summed E-state index contributed by atoms with van der Waals surface area (Å²) in [5.74, 6) is -0.234. The highest BCUT2D eigenvalue weighted by molar-refractivity contribution is 5.76. The van der Waals surface area contributed by atoms with Gasteiger partial charge in [0.2, 0.25) is 5.91 Å². The lowest BCUT2D eigenvalue weighted by Gasteiger charge is -2.48. The van der Waals surface area contributed by atoms with Gasteiger partial charge in [-0.2, -0.15) is 0 Å². The molecule has 0 radical (unpaired) electrons. The van der Waals surface area contributed by atoms with Crippen molar-refractivity contribution in [3.05, 3.63) is 48.6 Å². The number of aliphatic hydroxyl groups excluding tert-OH is 11. The minimum atomic E-state index is -1.97. The van der Waals surface area contributed by atoms with Crippen molar-refractivity contribution in [2.45, 2.75) is 484 Å². The lowest BCUT2D eigenvalue weighted by molar-refractivity contribution is -0.379. The molecule has 19 heteroatoms. The number of amides is 1. The molecule has 3 saturated heterocycles. The van der Waals surface area contributed by atoms with E-state index in [1.54, 1.807) is 0 Å². The van der Waals surface area contributed by atoms with Crippen molar-refractivity contribution >= 4 is 5.91 Å². The minimum Gasteiger partial charge on any atom is -0.394 e. The number of aliphatic hydroxyl groups is 11. The molecule has 3 aliphatic rings. The molecule has 0 bridgehead atoms. The normalized spacial score (nSPS) is 25.6. The van der Waals surface area contributed by atoms with Crippen LogP contribution in [0, 0.1) is 0 Å². The zero-order valence-electron chi connectivity index (χ0n) is 68.3. The van der Waals surface area contributed by atoms with Crippen LogP contribution in [0.2, 0.25) is 0 Å². The molecule has 17 atom stereocenters. The summed E-state index contributed by atoms with van der Waals surface area (Å²) in [6.45, 7) is 1.75. The van der Waals surface area contributed by atoms with Gasteiger partial charge >= 0.3 is 0 Å². The molecule has 0 aromatic carbocycles. The Bertz CT molecular complexity index is 2130.